The number of carbonyl (C=O) groups excluding carboxylic acids is 3. The molecule has 4 amide bonds. The van der Waals surface area contributed by atoms with E-state index in [4.69, 9.17) is 21.1 Å². The normalized spacial score (nSPS) is 23.9. The number of imide groups is 1. The number of nitrogens with zero attached hydrogens (tertiary/aromatic N) is 2. The summed E-state index contributed by atoms with van der Waals surface area (Å²) < 4.78 is 11.3. The smallest absolute Gasteiger partial charge is 0.325 e. The molecule has 0 aromatic heterocycles. The monoisotopic (exact) mass is 483 g/mol. The van der Waals surface area contributed by atoms with Crippen molar-refractivity contribution in [3.05, 3.63) is 58.6 Å². The third kappa shape index (κ3) is 3.76. The highest BCUT2D eigenvalue weighted by atomic mass is 35.5. The predicted octanol–water partition coefficient (Wildman–Crippen LogP) is 3.63. The minimum Gasteiger partial charge on any atom is -0.486 e. The van der Waals surface area contributed by atoms with Gasteiger partial charge in [0.2, 0.25) is 5.91 Å². The molecule has 0 spiro atoms. The molecule has 9 heteroatoms. The van der Waals surface area contributed by atoms with Gasteiger partial charge in [0.05, 0.1) is 6.04 Å². The molecule has 3 aliphatic heterocycles. The maximum atomic E-state index is 13.4. The van der Waals surface area contributed by atoms with Crippen molar-refractivity contribution in [2.45, 2.75) is 37.8 Å². The van der Waals surface area contributed by atoms with Crippen LogP contribution in [0.15, 0.2) is 42.5 Å². The van der Waals surface area contributed by atoms with Crippen LogP contribution in [0, 0.1) is 0 Å². The highest BCUT2D eigenvalue weighted by Crippen LogP contribution is 2.39. The zero-order valence-corrected chi connectivity index (χ0v) is 19.6. The minimum absolute atomic E-state index is 0.142. The number of hydrogen-bond acceptors (Lipinski definition) is 5. The van der Waals surface area contributed by atoms with Gasteiger partial charge in [-0.3, -0.25) is 14.5 Å². The number of fused-ring (bicyclic) bond motifs is 1. The Labute approximate surface area is 202 Å². The highest BCUT2D eigenvalue weighted by Gasteiger charge is 2.52. The van der Waals surface area contributed by atoms with Crippen LogP contribution in [-0.4, -0.2) is 53.9 Å². The predicted molar refractivity (Wildman–Crippen MR) is 125 cm³/mol. The van der Waals surface area contributed by atoms with E-state index in [-0.39, 0.29) is 18.5 Å². The van der Waals surface area contributed by atoms with E-state index in [1.54, 1.807) is 29.2 Å². The van der Waals surface area contributed by atoms with Crippen molar-refractivity contribution in [1.82, 2.24) is 15.1 Å². The van der Waals surface area contributed by atoms with Crippen molar-refractivity contribution in [3.63, 3.8) is 0 Å². The van der Waals surface area contributed by atoms with Crippen LogP contribution in [0.4, 0.5) is 4.79 Å². The third-order valence-corrected chi connectivity index (χ3v) is 7.11. The molecule has 34 heavy (non-hydrogen) atoms. The van der Waals surface area contributed by atoms with Crippen molar-refractivity contribution in [3.8, 4) is 11.5 Å². The Hall–Kier alpha value is -3.26. The van der Waals surface area contributed by atoms with Crippen LogP contribution in [0.5, 0.6) is 11.5 Å². The Morgan fingerprint density at radius 2 is 1.85 bits per heavy atom. The zero-order valence-electron chi connectivity index (χ0n) is 18.9. The van der Waals surface area contributed by atoms with Crippen LogP contribution in [0.2, 0.25) is 5.02 Å². The molecule has 2 saturated heterocycles. The second-order valence-electron chi connectivity index (χ2n) is 8.74. The van der Waals surface area contributed by atoms with Crippen molar-refractivity contribution in [1.29, 1.82) is 0 Å². The number of hydrogen-bond donors (Lipinski definition) is 1. The number of rotatable bonds is 5. The third-order valence-electron chi connectivity index (χ3n) is 6.86. The first kappa shape index (κ1) is 22.5. The number of likely N-dealkylation sites (tertiary alicyclic amines) is 1. The lowest BCUT2D eigenvalue weighted by Gasteiger charge is -2.28. The summed E-state index contributed by atoms with van der Waals surface area (Å²) in [6.45, 7) is 3.10. The molecule has 0 saturated carbocycles. The van der Waals surface area contributed by atoms with Gasteiger partial charge in [-0.25, -0.2) is 4.79 Å². The Balaban J connectivity index is 1.35. The summed E-state index contributed by atoms with van der Waals surface area (Å²) in [5.41, 5.74) is 0.391. The SMILES string of the molecule is CC[C@]1(c2ccc(Cl)cc2)NC(=O)N(CC(=O)N2CCC[C@@H]2c2ccc3c(c2)OCCO3)C1=O. The number of urea groups is 1. The van der Waals surface area contributed by atoms with Crippen molar-refractivity contribution >= 4 is 29.4 Å². The molecule has 1 N–H and O–H groups in total. The van der Waals surface area contributed by atoms with Crippen molar-refractivity contribution in [2.75, 3.05) is 26.3 Å². The average Bonchev–Trinajstić information content (AvgIpc) is 3.44. The van der Waals surface area contributed by atoms with Gasteiger partial charge in [-0.15, -0.1) is 0 Å². The van der Waals surface area contributed by atoms with Crippen LogP contribution in [-0.2, 0) is 15.1 Å². The molecule has 2 fully saturated rings. The Kier molecular flexibility index (Phi) is 5.85. The van der Waals surface area contributed by atoms with Gasteiger partial charge >= 0.3 is 6.03 Å². The highest BCUT2D eigenvalue weighted by molar-refractivity contribution is 6.30. The number of nitrogens with one attached hydrogen (secondary N) is 1. The maximum absolute atomic E-state index is 13.4. The fraction of sp³-hybridized carbons (Fsp3) is 0.400. The standard InChI is InChI=1S/C25H26ClN3O5/c1-2-25(17-6-8-18(26)9-7-17)23(31)29(24(32)27-25)15-22(30)28-11-3-4-19(28)16-5-10-20-21(14-16)34-13-12-33-20/h5-10,14,19H,2-4,11-13,15H2,1H3,(H,27,32)/t19-,25-/m1/s1. The first-order valence-corrected chi connectivity index (χ1v) is 11.9. The number of ether oxygens (including phenoxy) is 2. The van der Waals surface area contributed by atoms with Crippen molar-refractivity contribution < 1.29 is 23.9 Å². The van der Waals surface area contributed by atoms with Crippen LogP contribution in [0.3, 0.4) is 0 Å². The number of carbonyl (C=O) groups is 3. The van der Waals surface area contributed by atoms with E-state index in [0.717, 1.165) is 23.3 Å². The number of benzene rings is 2. The van der Waals surface area contributed by atoms with Gasteiger partial charge in [-0.1, -0.05) is 36.7 Å². The van der Waals surface area contributed by atoms with Gasteiger partial charge in [0.1, 0.15) is 25.3 Å². The van der Waals surface area contributed by atoms with Gasteiger partial charge in [0.25, 0.3) is 5.91 Å². The molecule has 2 aromatic rings. The number of halogens is 1. The van der Waals surface area contributed by atoms with Crippen LogP contribution in [0.25, 0.3) is 0 Å². The molecular formula is C25H26ClN3O5. The van der Waals surface area contributed by atoms with E-state index < -0.39 is 17.5 Å². The van der Waals surface area contributed by atoms with Gasteiger partial charge in [0, 0.05) is 11.6 Å². The molecule has 178 valence electrons. The largest absolute Gasteiger partial charge is 0.486 e. The Morgan fingerprint density at radius 1 is 1.12 bits per heavy atom. The number of amides is 4. The van der Waals surface area contributed by atoms with E-state index in [2.05, 4.69) is 5.32 Å². The Morgan fingerprint density at radius 3 is 2.59 bits per heavy atom. The van der Waals surface area contributed by atoms with E-state index in [1.165, 1.54) is 0 Å². The lowest BCUT2D eigenvalue weighted by molar-refractivity contribution is -0.139. The van der Waals surface area contributed by atoms with Crippen molar-refractivity contribution in [2.24, 2.45) is 0 Å². The van der Waals surface area contributed by atoms with E-state index in [1.807, 2.05) is 25.1 Å². The average molecular weight is 484 g/mol. The van der Waals surface area contributed by atoms with E-state index in [0.29, 0.717) is 48.3 Å². The summed E-state index contributed by atoms with van der Waals surface area (Å²) in [6, 6.07) is 11.8. The minimum atomic E-state index is -1.21. The molecule has 0 aliphatic carbocycles. The van der Waals surface area contributed by atoms with Crippen LogP contribution in [0.1, 0.15) is 43.4 Å². The summed E-state index contributed by atoms with van der Waals surface area (Å²) in [6.07, 6.45) is 2.00. The van der Waals surface area contributed by atoms with E-state index in [9.17, 15) is 14.4 Å². The molecule has 5 rings (SSSR count). The first-order chi connectivity index (χ1) is 16.4. The molecule has 0 radical (unpaired) electrons. The van der Waals surface area contributed by atoms with Gasteiger partial charge in [-0.05, 0) is 54.7 Å². The lowest BCUT2D eigenvalue weighted by atomic mass is 9.87. The zero-order chi connectivity index (χ0) is 23.9. The molecule has 3 heterocycles. The van der Waals surface area contributed by atoms with Gasteiger partial charge in [0.15, 0.2) is 11.5 Å². The quantitative estimate of drug-likeness (QED) is 0.656. The van der Waals surface area contributed by atoms with Crippen LogP contribution < -0.4 is 14.8 Å². The topological polar surface area (TPSA) is 88.2 Å². The summed E-state index contributed by atoms with van der Waals surface area (Å²) in [4.78, 5) is 42.4. The second kappa shape index (κ2) is 8.83. The molecule has 0 unspecified atom stereocenters. The molecule has 2 atom stereocenters. The summed E-state index contributed by atoms with van der Waals surface area (Å²) >= 11 is 6.00. The van der Waals surface area contributed by atoms with Gasteiger partial charge in [-0.2, -0.15) is 0 Å². The molecule has 0 bridgehead atoms. The maximum Gasteiger partial charge on any atom is 0.325 e. The summed E-state index contributed by atoms with van der Waals surface area (Å²) in [5, 5.41) is 3.36. The first-order valence-electron chi connectivity index (χ1n) is 11.5. The lowest BCUT2D eigenvalue weighted by Crippen LogP contribution is -2.45. The fourth-order valence-electron chi connectivity index (χ4n) is 5.05. The molecule has 3 aliphatic rings. The molecule has 2 aromatic carbocycles. The van der Waals surface area contributed by atoms with E-state index >= 15 is 0 Å². The van der Waals surface area contributed by atoms with Gasteiger partial charge < -0.3 is 19.7 Å². The summed E-state index contributed by atoms with van der Waals surface area (Å²) in [7, 11) is 0. The van der Waals surface area contributed by atoms with Crippen LogP contribution >= 0.6 is 11.6 Å². The second-order valence-corrected chi connectivity index (χ2v) is 9.17. The summed E-state index contributed by atoms with van der Waals surface area (Å²) in [5.74, 6) is 0.686. The molecule has 8 nitrogen and oxygen atoms in total. The fourth-order valence-corrected chi connectivity index (χ4v) is 5.17. The Bertz CT molecular complexity index is 1140. The molecular weight excluding hydrogens is 458 g/mol.